The van der Waals surface area contributed by atoms with Gasteiger partial charge in [0.2, 0.25) is 12.1 Å². The Morgan fingerprint density at radius 2 is 1.71 bits per heavy atom. The lowest BCUT2D eigenvalue weighted by Gasteiger charge is -2.31. The molecule has 1 amide bonds. The Labute approximate surface area is 259 Å². The summed E-state index contributed by atoms with van der Waals surface area (Å²) in [6.45, 7) is 9.34. The van der Waals surface area contributed by atoms with Crippen molar-refractivity contribution < 1.29 is 31.9 Å². The molecule has 0 saturated carbocycles. The number of hydrogen-bond acceptors (Lipinski definition) is 6. The third-order valence-corrected chi connectivity index (χ3v) is 7.57. The first-order valence-electron chi connectivity index (χ1n) is 14.8. The molecule has 1 aromatic heterocycles. The molecule has 0 radical (unpaired) electrons. The summed E-state index contributed by atoms with van der Waals surface area (Å²) < 4.78 is 65.9. The summed E-state index contributed by atoms with van der Waals surface area (Å²) in [7, 11) is 1.71. The summed E-state index contributed by atoms with van der Waals surface area (Å²) in [5.41, 5.74) is 2.02. The average molecular weight is 628 g/mol. The molecule has 240 valence electrons. The molecule has 1 fully saturated rings. The molecule has 1 saturated heterocycles. The minimum atomic E-state index is -1.53. The fourth-order valence-corrected chi connectivity index (χ4v) is 5.42. The second-order valence-corrected chi connectivity index (χ2v) is 10.5. The van der Waals surface area contributed by atoms with Crippen molar-refractivity contribution in [1.29, 1.82) is 0 Å². The highest BCUT2D eigenvalue weighted by Crippen LogP contribution is 2.46. The first kappa shape index (κ1) is 33.5. The monoisotopic (exact) mass is 627 g/mol. The van der Waals surface area contributed by atoms with Gasteiger partial charge in [-0.1, -0.05) is 13.8 Å². The van der Waals surface area contributed by atoms with Gasteiger partial charge in [0, 0.05) is 41.5 Å². The van der Waals surface area contributed by atoms with Gasteiger partial charge in [0.1, 0.15) is 12.5 Å². The van der Waals surface area contributed by atoms with Gasteiger partial charge in [0.05, 0.1) is 22.8 Å². The first-order valence-corrected chi connectivity index (χ1v) is 14.8. The number of aromatic nitrogens is 1. The molecule has 0 aliphatic carbocycles. The minimum absolute atomic E-state index is 0.147. The molecule has 3 aromatic carbocycles. The zero-order valence-electron chi connectivity index (χ0n) is 25.4. The Morgan fingerprint density at radius 1 is 1.00 bits per heavy atom. The van der Waals surface area contributed by atoms with Crippen molar-refractivity contribution >= 4 is 35.0 Å². The van der Waals surface area contributed by atoms with E-state index in [9.17, 15) is 22.4 Å². The summed E-state index contributed by atoms with van der Waals surface area (Å²) in [6.07, 6.45) is 1.39. The lowest BCUT2D eigenvalue weighted by molar-refractivity contribution is -0.117. The minimum Gasteiger partial charge on any atom is -0.465 e. The lowest BCUT2D eigenvalue weighted by Crippen LogP contribution is -2.35. The largest absolute Gasteiger partial charge is 0.465 e. The number of carbonyl (C=O) groups excluding carboxylic acids is 2. The molecule has 8 nitrogen and oxygen atoms in total. The average Bonchev–Trinajstić information content (AvgIpc) is 3.73. The van der Waals surface area contributed by atoms with E-state index in [0.717, 1.165) is 32.5 Å². The van der Waals surface area contributed by atoms with Crippen molar-refractivity contribution in [2.75, 3.05) is 37.3 Å². The fourth-order valence-electron chi connectivity index (χ4n) is 5.42. The molecule has 4 aromatic rings. The molecular weight excluding hydrogens is 590 g/mol. The quantitative estimate of drug-likeness (QED) is 0.108. The molecule has 12 heteroatoms. The maximum atomic E-state index is 15.0. The van der Waals surface area contributed by atoms with Crippen LogP contribution in [0.5, 0.6) is 5.75 Å². The van der Waals surface area contributed by atoms with Crippen molar-refractivity contribution in [1.82, 2.24) is 15.2 Å². The zero-order valence-corrected chi connectivity index (χ0v) is 25.4. The molecule has 2 aliphatic heterocycles. The number of benzene rings is 3. The fraction of sp³-hybridized carbons (Fsp3) is 0.333. The van der Waals surface area contributed by atoms with E-state index in [1.807, 2.05) is 12.9 Å². The van der Waals surface area contributed by atoms with Gasteiger partial charge in [-0.05, 0) is 75.3 Å². The first-order chi connectivity index (χ1) is 21.8. The van der Waals surface area contributed by atoms with E-state index in [-0.39, 0.29) is 23.8 Å². The SMILES string of the molecule is C=O.CCCNCC.CNc1ccc2c(c1)OC(c1c(F)c(F)cc(F)c1F)n1c-2cc2cc(NC(=O)C3CCCN3)ccc21. The molecular formula is C33H37F4N5O3. The molecule has 2 atom stereocenters. The number of nitrogens with one attached hydrogen (secondary N) is 4. The van der Waals surface area contributed by atoms with Gasteiger partial charge in [-0.3, -0.25) is 4.79 Å². The summed E-state index contributed by atoms with van der Waals surface area (Å²) >= 11 is 0. The number of amides is 1. The normalized spacial score (nSPS) is 16.3. The van der Waals surface area contributed by atoms with Crippen LogP contribution in [0.15, 0.2) is 48.5 Å². The highest BCUT2D eigenvalue weighted by atomic mass is 19.2. The third kappa shape index (κ3) is 6.97. The van der Waals surface area contributed by atoms with Crippen LogP contribution in [-0.4, -0.2) is 50.0 Å². The van der Waals surface area contributed by atoms with E-state index < -0.39 is 35.1 Å². The topological polar surface area (TPSA) is 96.4 Å². The molecule has 6 rings (SSSR count). The van der Waals surface area contributed by atoms with Crippen LogP contribution in [-0.2, 0) is 9.59 Å². The number of fused-ring (bicyclic) bond motifs is 5. The van der Waals surface area contributed by atoms with Crippen molar-refractivity contribution in [2.24, 2.45) is 0 Å². The highest BCUT2D eigenvalue weighted by molar-refractivity contribution is 5.98. The number of rotatable bonds is 7. The summed E-state index contributed by atoms with van der Waals surface area (Å²) in [5, 5.41) is 12.9. The molecule has 2 unspecified atom stereocenters. The Kier molecular flexibility index (Phi) is 11.2. The third-order valence-electron chi connectivity index (χ3n) is 7.57. The van der Waals surface area contributed by atoms with E-state index >= 15 is 0 Å². The van der Waals surface area contributed by atoms with E-state index in [2.05, 4.69) is 35.1 Å². The Balaban J connectivity index is 0.000000519. The van der Waals surface area contributed by atoms with Crippen LogP contribution in [0.3, 0.4) is 0 Å². The van der Waals surface area contributed by atoms with Crippen molar-refractivity contribution in [3.8, 4) is 17.0 Å². The number of halogens is 4. The highest BCUT2D eigenvalue weighted by Gasteiger charge is 2.35. The maximum Gasteiger partial charge on any atom is 0.241 e. The maximum absolute atomic E-state index is 15.0. The smallest absolute Gasteiger partial charge is 0.241 e. The van der Waals surface area contributed by atoms with Crippen molar-refractivity contribution in [2.45, 2.75) is 45.4 Å². The molecule has 4 N–H and O–H groups in total. The van der Waals surface area contributed by atoms with Crippen LogP contribution in [0.1, 0.15) is 44.9 Å². The standard InChI is InChI=1S/C27H22F4N4O2.C5H13N.CH2O/c1-32-14-4-6-16-21-10-13-9-15(34-26(36)19-3-2-8-33-19)5-7-20(13)35(21)27(37-22(16)11-14)23-24(30)17(28)12-18(29)25(23)31;1-3-5-6-4-2;1-2/h4-7,9-12,19,27,32-33H,2-3,8H2,1H3,(H,34,36);6H,3-5H2,1-2H3;1H2. The van der Waals surface area contributed by atoms with Gasteiger partial charge in [0.25, 0.3) is 0 Å². The van der Waals surface area contributed by atoms with Gasteiger partial charge in [0.15, 0.2) is 23.3 Å². The van der Waals surface area contributed by atoms with E-state index in [1.165, 1.54) is 11.0 Å². The summed E-state index contributed by atoms with van der Waals surface area (Å²) in [4.78, 5) is 20.6. The van der Waals surface area contributed by atoms with Crippen LogP contribution in [0.2, 0.25) is 0 Å². The number of carbonyl (C=O) groups is 2. The molecule has 2 aliphatic rings. The van der Waals surface area contributed by atoms with Crippen LogP contribution in [0.25, 0.3) is 22.2 Å². The molecule has 45 heavy (non-hydrogen) atoms. The number of nitrogens with zero attached hydrogens (tertiary/aromatic N) is 1. The van der Waals surface area contributed by atoms with Gasteiger partial charge >= 0.3 is 0 Å². The van der Waals surface area contributed by atoms with Gasteiger partial charge in [-0.2, -0.15) is 0 Å². The summed E-state index contributed by atoms with van der Waals surface area (Å²) in [5.74, 6) is -5.95. The van der Waals surface area contributed by atoms with Crippen molar-refractivity contribution in [3.63, 3.8) is 0 Å². The Hall–Kier alpha value is -4.42. The van der Waals surface area contributed by atoms with E-state index in [0.29, 0.717) is 33.5 Å². The summed E-state index contributed by atoms with van der Waals surface area (Å²) in [6, 6.07) is 12.0. The predicted molar refractivity (Wildman–Crippen MR) is 168 cm³/mol. The van der Waals surface area contributed by atoms with Gasteiger partial charge in [-0.15, -0.1) is 0 Å². The number of anilines is 2. The van der Waals surface area contributed by atoms with E-state index in [1.54, 1.807) is 43.4 Å². The van der Waals surface area contributed by atoms with Gasteiger partial charge in [-0.25, -0.2) is 17.6 Å². The predicted octanol–water partition coefficient (Wildman–Crippen LogP) is 6.36. The van der Waals surface area contributed by atoms with Gasteiger partial charge < -0.3 is 35.4 Å². The molecule has 3 heterocycles. The lowest BCUT2D eigenvalue weighted by atomic mass is 10.1. The number of hydrogen-bond donors (Lipinski definition) is 4. The van der Waals surface area contributed by atoms with Crippen LogP contribution >= 0.6 is 0 Å². The zero-order chi connectivity index (χ0) is 32.7. The second kappa shape index (κ2) is 15.0. The van der Waals surface area contributed by atoms with E-state index in [4.69, 9.17) is 9.53 Å². The second-order valence-electron chi connectivity index (χ2n) is 10.5. The van der Waals surface area contributed by atoms with Crippen LogP contribution < -0.4 is 26.0 Å². The molecule has 0 spiro atoms. The molecule has 0 bridgehead atoms. The van der Waals surface area contributed by atoms with Crippen molar-refractivity contribution in [3.05, 3.63) is 77.4 Å². The Bertz CT molecular complexity index is 1630. The van der Waals surface area contributed by atoms with Crippen LogP contribution in [0.4, 0.5) is 28.9 Å². The Morgan fingerprint density at radius 3 is 2.31 bits per heavy atom. The number of ether oxygens (including phenoxy) is 1. The van der Waals surface area contributed by atoms with Crippen LogP contribution in [0, 0.1) is 23.3 Å².